The van der Waals surface area contributed by atoms with Gasteiger partial charge < -0.3 is 9.26 Å². The van der Waals surface area contributed by atoms with Crippen molar-refractivity contribution >= 4 is 8.81 Å². The molecule has 0 radical (unpaired) electrons. The minimum atomic E-state index is 0.487. The molecule has 0 amide bonds. The maximum Gasteiger partial charge on any atom is 0.108 e. The van der Waals surface area contributed by atoms with E-state index in [1.54, 1.807) is 0 Å². The molecule has 2 aliphatic rings. The van der Waals surface area contributed by atoms with Crippen molar-refractivity contribution in [1.29, 1.82) is 0 Å². The average Bonchev–Trinajstić information content (AvgIpc) is 2.41. The predicted octanol–water partition coefficient (Wildman–Crippen LogP) is 0.377. The van der Waals surface area contributed by atoms with Gasteiger partial charge in [-0.15, -0.1) is 0 Å². The number of ether oxygens (including phenoxy) is 1. The first-order chi connectivity index (χ1) is 3.47. The highest BCUT2D eigenvalue weighted by molar-refractivity contribution is 7.32. The third-order valence-corrected chi connectivity index (χ3v) is 2.26. The van der Waals surface area contributed by atoms with Crippen molar-refractivity contribution in [3.8, 4) is 0 Å². The van der Waals surface area contributed by atoms with Crippen molar-refractivity contribution in [1.82, 2.24) is 0 Å². The third kappa shape index (κ3) is 0.674. The molecule has 2 fully saturated rings. The van der Waals surface area contributed by atoms with Gasteiger partial charge in [-0.3, -0.25) is 0 Å². The van der Waals surface area contributed by atoms with E-state index in [2.05, 4.69) is 0 Å². The second-order valence-electron chi connectivity index (χ2n) is 1.87. The van der Waals surface area contributed by atoms with Gasteiger partial charge in [-0.1, -0.05) is 0 Å². The lowest BCUT2D eigenvalue weighted by Gasteiger charge is -2.03. The molecule has 0 N–H and O–H groups in total. The molecule has 0 aromatic carbocycles. The number of fused-ring (bicyclic) bond motifs is 1. The Morgan fingerprint density at radius 1 is 1.43 bits per heavy atom. The van der Waals surface area contributed by atoms with Crippen molar-refractivity contribution in [3.63, 3.8) is 0 Å². The van der Waals surface area contributed by atoms with E-state index in [4.69, 9.17) is 9.26 Å². The fourth-order valence-electron chi connectivity index (χ4n) is 0.787. The summed E-state index contributed by atoms with van der Waals surface area (Å²) in [6.45, 7) is 0.850. The molecule has 40 valence electrons. The van der Waals surface area contributed by atoms with E-state index in [0.717, 1.165) is 12.8 Å². The van der Waals surface area contributed by atoms with Crippen molar-refractivity contribution in [2.24, 2.45) is 0 Å². The van der Waals surface area contributed by atoms with Crippen LogP contribution < -0.4 is 0 Å². The van der Waals surface area contributed by atoms with Gasteiger partial charge in [0.15, 0.2) is 0 Å². The van der Waals surface area contributed by atoms with Crippen LogP contribution in [0.1, 0.15) is 0 Å². The quantitative estimate of drug-likeness (QED) is 0.338. The van der Waals surface area contributed by atoms with Crippen LogP contribution in [0.5, 0.6) is 0 Å². The molecule has 7 heavy (non-hydrogen) atoms. The lowest BCUT2D eigenvalue weighted by Crippen LogP contribution is -2.07. The lowest BCUT2D eigenvalue weighted by molar-refractivity contribution is 0.294. The smallest absolute Gasteiger partial charge is 0.108 e. The lowest BCUT2D eigenvalue weighted by atomic mass is 10.4. The molecule has 1 unspecified atom stereocenters. The van der Waals surface area contributed by atoms with Gasteiger partial charge in [0.25, 0.3) is 0 Å². The van der Waals surface area contributed by atoms with E-state index in [1.807, 2.05) is 0 Å². The number of hydrogen-bond acceptors (Lipinski definition) is 2. The van der Waals surface area contributed by atoms with Crippen LogP contribution in [-0.4, -0.2) is 25.0 Å². The molecular formula is C4H7O2P. The van der Waals surface area contributed by atoms with Crippen LogP contribution >= 0.6 is 8.81 Å². The van der Waals surface area contributed by atoms with Crippen molar-refractivity contribution in [3.05, 3.63) is 0 Å². The molecule has 2 nitrogen and oxygen atoms in total. The van der Waals surface area contributed by atoms with Crippen LogP contribution in [0, 0.1) is 0 Å². The Labute approximate surface area is 44.1 Å². The molecular weight excluding hydrogens is 111 g/mol. The van der Waals surface area contributed by atoms with Crippen LogP contribution in [-0.2, 0) is 9.26 Å². The summed E-state index contributed by atoms with van der Waals surface area (Å²) in [7, 11) is 0.699. The van der Waals surface area contributed by atoms with Gasteiger partial charge in [0.1, 0.15) is 6.10 Å². The molecule has 0 saturated carbocycles. The largest absolute Gasteiger partial charge is 0.367 e. The Morgan fingerprint density at radius 3 is 3.00 bits per heavy atom. The summed E-state index contributed by atoms with van der Waals surface area (Å²) >= 11 is 0. The third-order valence-electron chi connectivity index (χ3n) is 1.32. The Morgan fingerprint density at radius 2 is 2.43 bits per heavy atom. The number of rotatable bonds is 0. The van der Waals surface area contributed by atoms with Gasteiger partial charge >= 0.3 is 0 Å². The van der Waals surface area contributed by atoms with Crippen LogP contribution in [0.3, 0.4) is 0 Å². The highest BCUT2D eigenvalue weighted by atomic mass is 31.1. The fraction of sp³-hybridized carbons (Fsp3) is 1.00. The number of hydrogen-bond donors (Lipinski definition) is 0. The topological polar surface area (TPSA) is 21.8 Å². The molecule has 0 spiro atoms. The predicted molar refractivity (Wildman–Crippen MR) is 27.8 cm³/mol. The van der Waals surface area contributed by atoms with E-state index in [-0.39, 0.29) is 0 Å². The fourth-order valence-corrected chi connectivity index (χ4v) is 1.71. The summed E-state index contributed by atoms with van der Waals surface area (Å²) in [4.78, 5) is 0. The van der Waals surface area contributed by atoms with E-state index in [1.165, 1.54) is 0 Å². The second-order valence-corrected chi connectivity index (χ2v) is 2.86. The minimum absolute atomic E-state index is 0.487. The summed E-state index contributed by atoms with van der Waals surface area (Å²) in [5.74, 6) is 0. The van der Waals surface area contributed by atoms with Gasteiger partial charge in [0.2, 0.25) is 0 Å². The monoisotopic (exact) mass is 118 g/mol. The van der Waals surface area contributed by atoms with E-state index in [9.17, 15) is 0 Å². The zero-order valence-electron chi connectivity index (χ0n) is 3.89. The normalized spacial score (nSPS) is 51.4. The summed E-state index contributed by atoms with van der Waals surface area (Å²) in [5.41, 5.74) is 0. The highest BCUT2D eigenvalue weighted by Gasteiger charge is 2.41. The zero-order valence-corrected chi connectivity index (χ0v) is 4.89. The second kappa shape index (κ2) is 1.41. The molecule has 3 heteroatoms. The van der Waals surface area contributed by atoms with Gasteiger partial charge in [0.05, 0.1) is 12.7 Å². The maximum atomic E-state index is 5.16. The summed E-state index contributed by atoms with van der Waals surface area (Å²) < 4.78 is 10.3. The first kappa shape index (κ1) is 4.25. The molecule has 2 aliphatic heterocycles. The van der Waals surface area contributed by atoms with Crippen LogP contribution in [0.4, 0.5) is 0 Å². The molecule has 0 aliphatic carbocycles. The van der Waals surface area contributed by atoms with Gasteiger partial charge in [-0.25, -0.2) is 0 Å². The minimum Gasteiger partial charge on any atom is -0.367 e. The zero-order chi connectivity index (χ0) is 4.69. The van der Waals surface area contributed by atoms with Gasteiger partial charge in [0, 0.05) is 15.0 Å². The Kier molecular flexibility index (Phi) is 0.857. The standard InChI is InChI=1S/C4H7O2P/c1-3-4(6-3)2-7-5-1/h3-4,7H,1-2H2/t3-,4+/m1/s1. The number of epoxide rings is 1. The first-order valence-electron chi connectivity index (χ1n) is 2.47. The molecule has 2 saturated heterocycles. The SMILES string of the molecule is C1POC[C@H]2O[C@@H]12. The van der Waals surface area contributed by atoms with Crippen LogP contribution in [0.2, 0.25) is 0 Å². The van der Waals surface area contributed by atoms with Crippen LogP contribution in [0.15, 0.2) is 0 Å². The highest BCUT2D eigenvalue weighted by Crippen LogP contribution is 2.35. The summed E-state index contributed by atoms with van der Waals surface area (Å²) in [5, 5.41) is 0. The molecule has 2 heterocycles. The Bertz CT molecular complexity index is 75.8. The summed E-state index contributed by atoms with van der Waals surface area (Å²) in [6.07, 6.45) is 2.22. The molecule has 2 rings (SSSR count). The molecule has 0 bridgehead atoms. The Balaban J connectivity index is 1.95. The van der Waals surface area contributed by atoms with Gasteiger partial charge in [-0.05, 0) is 0 Å². The van der Waals surface area contributed by atoms with Crippen molar-refractivity contribution in [2.75, 3.05) is 12.8 Å². The van der Waals surface area contributed by atoms with E-state index < -0.39 is 0 Å². The van der Waals surface area contributed by atoms with Crippen molar-refractivity contribution < 1.29 is 9.26 Å². The molecule has 0 aromatic heterocycles. The maximum absolute atomic E-state index is 5.16. The van der Waals surface area contributed by atoms with E-state index in [0.29, 0.717) is 21.0 Å². The average molecular weight is 118 g/mol. The molecule has 3 atom stereocenters. The van der Waals surface area contributed by atoms with Crippen molar-refractivity contribution in [2.45, 2.75) is 12.2 Å². The first-order valence-corrected chi connectivity index (χ1v) is 3.58. The summed E-state index contributed by atoms with van der Waals surface area (Å²) in [6, 6.07) is 0. The van der Waals surface area contributed by atoms with E-state index >= 15 is 0 Å². The van der Waals surface area contributed by atoms with Crippen LogP contribution in [0.25, 0.3) is 0 Å². The Hall–Kier alpha value is 0.350. The van der Waals surface area contributed by atoms with Gasteiger partial charge in [-0.2, -0.15) is 0 Å². The molecule has 0 aromatic rings.